The van der Waals surface area contributed by atoms with E-state index in [0.717, 1.165) is 45.8 Å². The van der Waals surface area contributed by atoms with Crippen molar-refractivity contribution in [1.82, 2.24) is 15.5 Å². The summed E-state index contributed by atoms with van der Waals surface area (Å²) in [6.45, 7) is 14.0. The Bertz CT molecular complexity index is 299. The maximum absolute atomic E-state index is 11.5. The second kappa shape index (κ2) is 9.23. The number of alkyl carbamates (subject to hydrolysis) is 1. The van der Waals surface area contributed by atoms with Crippen molar-refractivity contribution in [2.24, 2.45) is 0 Å². The van der Waals surface area contributed by atoms with Crippen molar-refractivity contribution in [2.75, 3.05) is 45.9 Å². The van der Waals surface area contributed by atoms with Crippen LogP contribution in [0.15, 0.2) is 0 Å². The number of hydrogen-bond acceptors (Lipinski definition) is 5. The van der Waals surface area contributed by atoms with Crippen molar-refractivity contribution in [2.45, 2.75) is 45.8 Å². The van der Waals surface area contributed by atoms with E-state index < -0.39 is 5.60 Å². The minimum atomic E-state index is -0.446. The van der Waals surface area contributed by atoms with Gasteiger partial charge >= 0.3 is 6.09 Å². The standard InChI is InChI=1S/C15H31N3O3/c1-13(12-17-14(19)21-15(2,3)4)16-6-5-7-18-8-10-20-11-9-18/h13,16H,5-12H2,1-4H3,(H,17,19). The first-order valence-electron chi connectivity index (χ1n) is 7.87. The SMILES string of the molecule is CC(CNC(=O)OC(C)(C)C)NCCCN1CCOCC1. The number of carbonyl (C=O) groups excluding carboxylic acids is 1. The smallest absolute Gasteiger partial charge is 0.407 e. The zero-order valence-corrected chi connectivity index (χ0v) is 13.9. The molecular formula is C15H31N3O3. The third-order valence-corrected chi connectivity index (χ3v) is 3.20. The molecule has 0 radical (unpaired) electrons. The lowest BCUT2D eigenvalue weighted by atomic mass is 10.2. The molecule has 2 N–H and O–H groups in total. The Morgan fingerprint density at radius 1 is 1.33 bits per heavy atom. The first-order chi connectivity index (χ1) is 9.87. The van der Waals surface area contributed by atoms with Crippen LogP contribution in [0, 0.1) is 0 Å². The highest BCUT2D eigenvalue weighted by Crippen LogP contribution is 2.06. The third kappa shape index (κ3) is 9.66. The summed E-state index contributed by atoms with van der Waals surface area (Å²) in [6.07, 6.45) is 0.751. The highest BCUT2D eigenvalue weighted by molar-refractivity contribution is 5.67. The normalized spacial score (nSPS) is 18.3. The van der Waals surface area contributed by atoms with Crippen molar-refractivity contribution in [3.63, 3.8) is 0 Å². The van der Waals surface area contributed by atoms with Crippen LogP contribution in [0.3, 0.4) is 0 Å². The molecule has 1 heterocycles. The molecule has 6 heteroatoms. The fraction of sp³-hybridized carbons (Fsp3) is 0.933. The Labute approximate surface area is 128 Å². The Morgan fingerprint density at radius 2 is 2.00 bits per heavy atom. The molecule has 1 aliphatic heterocycles. The number of hydrogen-bond donors (Lipinski definition) is 2. The van der Waals surface area contributed by atoms with E-state index >= 15 is 0 Å². The molecule has 0 bridgehead atoms. The topological polar surface area (TPSA) is 62.8 Å². The highest BCUT2D eigenvalue weighted by atomic mass is 16.6. The van der Waals surface area contributed by atoms with Crippen LogP contribution in [-0.4, -0.2) is 68.6 Å². The van der Waals surface area contributed by atoms with E-state index in [2.05, 4.69) is 22.5 Å². The fourth-order valence-corrected chi connectivity index (χ4v) is 2.10. The van der Waals surface area contributed by atoms with Gasteiger partial charge < -0.3 is 20.1 Å². The van der Waals surface area contributed by atoms with E-state index in [9.17, 15) is 4.79 Å². The average molecular weight is 301 g/mol. The van der Waals surface area contributed by atoms with Gasteiger partial charge in [-0.05, 0) is 47.2 Å². The van der Waals surface area contributed by atoms with Crippen molar-refractivity contribution < 1.29 is 14.3 Å². The molecular weight excluding hydrogens is 270 g/mol. The van der Waals surface area contributed by atoms with Crippen LogP contribution in [0.25, 0.3) is 0 Å². The Kier molecular flexibility index (Phi) is 8.00. The largest absolute Gasteiger partial charge is 0.444 e. The van der Waals surface area contributed by atoms with Gasteiger partial charge in [0.05, 0.1) is 13.2 Å². The molecule has 0 aromatic carbocycles. The number of rotatable bonds is 7. The van der Waals surface area contributed by atoms with Crippen molar-refractivity contribution >= 4 is 6.09 Å². The maximum atomic E-state index is 11.5. The molecule has 1 aliphatic rings. The van der Waals surface area contributed by atoms with E-state index in [1.165, 1.54) is 0 Å². The molecule has 21 heavy (non-hydrogen) atoms. The molecule has 1 atom stereocenters. The Balaban J connectivity index is 2.00. The van der Waals surface area contributed by atoms with Gasteiger partial charge in [0.25, 0.3) is 0 Å². The van der Waals surface area contributed by atoms with E-state index in [4.69, 9.17) is 9.47 Å². The van der Waals surface area contributed by atoms with E-state index in [0.29, 0.717) is 6.54 Å². The number of amides is 1. The van der Waals surface area contributed by atoms with Crippen LogP contribution >= 0.6 is 0 Å². The predicted molar refractivity (Wildman–Crippen MR) is 83.6 cm³/mol. The van der Waals surface area contributed by atoms with Gasteiger partial charge in [0.1, 0.15) is 5.60 Å². The van der Waals surface area contributed by atoms with Gasteiger partial charge in [0.2, 0.25) is 0 Å². The van der Waals surface area contributed by atoms with E-state index in [1.54, 1.807) is 0 Å². The molecule has 1 saturated heterocycles. The summed E-state index contributed by atoms with van der Waals surface area (Å²) in [4.78, 5) is 13.9. The molecule has 0 saturated carbocycles. The fourth-order valence-electron chi connectivity index (χ4n) is 2.10. The van der Waals surface area contributed by atoms with Crippen LogP contribution in [0.2, 0.25) is 0 Å². The number of ether oxygens (including phenoxy) is 2. The second-order valence-corrected chi connectivity index (χ2v) is 6.55. The molecule has 0 aromatic heterocycles. The van der Waals surface area contributed by atoms with Gasteiger partial charge in [-0.3, -0.25) is 4.90 Å². The van der Waals surface area contributed by atoms with Crippen molar-refractivity contribution in [3.05, 3.63) is 0 Å². The lowest BCUT2D eigenvalue weighted by molar-refractivity contribution is 0.0374. The van der Waals surface area contributed by atoms with E-state index in [-0.39, 0.29) is 12.1 Å². The predicted octanol–water partition coefficient (Wildman–Crippen LogP) is 1.21. The zero-order chi connectivity index (χ0) is 15.7. The molecule has 1 amide bonds. The summed E-state index contributed by atoms with van der Waals surface area (Å²) < 4.78 is 10.5. The summed E-state index contributed by atoms with van der Waals surface area (Å²) in [5.41, 5.74) is -0.446. The Morgan fingerprint density at radius 3 is 2.62 bits per heavy atom. The molecule has 0 aliphatic carbocycles. The van der Waals surface area contributed by atoms with Gasteiger partial charge in [-0.2, -0.15) is 0 Å². The maximum Gasteiger partial charge on any atom is 0.407 e. The van der Waals surface area contributed by atoms with Crippen LogP contribution in [0.1, 0.15) is 34.1 Å². The second-order valence-electron chi connectivity index (χ2n) is 6.55. The van der Waals surface area contributed by atoms with Crippen molar-refractivity contribution in [3.8, 4) is 0 Å². The number of nitrogens with zero attached hydrogens (tertiary/aromatic N) is 1. The van der Waals surface area contributed by atoms with Gasteiger partial charge in [0.15, 0.2) is 0 Å². The molecule has 6 nitrogen and oxygen atoms in total. The van der Waals surface area contributed by atoms with Gasteiger partial charge in [-0.25, -0.2) is 4.79 Å². The molecule has 1 rings (SSSR count). The monoisotopic (exact) mass is 301 g/mol. The van der Waals surface area contributed by atoms with Crippen LogP contribution in [0.5, 0.6) is 0 Å². The lowest BCUT2D eigenvalue weighted by Crippen LogP contribution is -2.42. The van der Waals surface area contributed by atoms with Crippen LogP contribution in [0.4, 0.5) is 4.79 Å². The minimum Gasteiger partial charge on any atom is -0.444 e. The first-order valence-corrected chi connectivity index (χ1v) is 7.87. The summed E-state index contributed by atoms with van der Waals surface area (Å²) in [7, 11) is 0. The van der Waals surface area contributed by atoms with Crippen LogP contribution < -0.4 is 10.6 Å². The van der Waals surface area contributed by atoms with Crippen molar-refractivity contribution in [1.29, 1.82) is 0 Å². The van der Waals surface area contributed by atoms with Crippen LogP contribution in [-0.2, 0) is 9.47 Å². The summed E-state index contributed by atoms with van der Waals surface area (Å²) >= 11 is 0. The summed E-state index contributed by atoms with van der Waals surface area (Å²) in [6, 6.07) is 0.238. The molecule has 1 unspecified atom stereocenters. The molecule has 0 spiro atoms. The van der Waals surface area contributed by atoms with Gasteiger partial charge in [-0.15, -0.1) is 0 Å². The first kappa shape index (κ1) is 18.2. The highest BCUT2D eigenvalue weighted by Gasteiger charge is 2.16. The van der Waals surface area contributed by atoms with E-state index in [1.807, 2.05) is 20.8 Å². The lowest BCUT2D eigenvalue weighted by Gasteiger charge is -2.26. The summed E-state index contributed by atoms with van der Waals surface area (Å²) in [5.74, 6) is 0. The molecule has 1 fully saturated rings. The zero-order valence-electron chi connectivity index (χ0n) is 13.9. The number of morpholine rings is 1. The molecule has 124 valence electrons. The Hall–Kier alpha value is -0.850. The average Bonchev–Trinajstić information content (AvgIpc) is 2.41. The van der Waals surface area contributed by atoms with Gasteiger partial charge in [0, 0.05) is 25.7 Å². The summed E-state index contributed by atoms with van der Waals surface area (Å²) in [5, 5.41) is 6.19. The molecule has 0 aromatic rings. The number of carbonyl (C=O) groups is 1. The third-order valence-electron chi connectivity index (χ3n) is 3.20. The number of nitrogens with one attached hydrogen (secondary N) is 2. The quantitative estimate of drug-likeness (QED) is 0.692. The minimum absolute atomic E-state index is 0.238. The van der Waals surface area contributed by atoms with Gasteiger partial charge in [-0.1, -0.05) is 0 Å².